The summed E-state index contributed by atoms with van der Waals surface area (Å²) in [7, 11) is 7.99. The molecule has 1 atom stereocenters. The fraction of sp³-hybridized carbons (Fsp3) is 0.565. The fourth-order valence-electron chi connectivity index (χ4n) is 12.9. The number of carbonyl (C=O) groups excluding carboxylic acids is 3. The van der Waals surface area contributed by atoms with Crippen LogP contribution in [0.1, 0.15) is 139 Å². The van der Waals surface area contributed by atoms with Crippen LogP contribution in [0.5, 0.6) is 6.01 Å². The van der Waals surface area contributed by atoms with Crippen LogP contribution >= 0.6 is 35.3 Å². The molecule has 0 spiro atoms. The van der Waals surface area contributed by atoms with E-state index in [0.29, 0.717) is 105 Å². The lowest BCUT2D eigenvalue weighted by Gasteiger charge is -2.27. The summed E-state index contributed by atoms with van der Waals surface area (Å²) >= 11 is 3.73. The topological polar surface area (TPSA) is 461 Å². The molecule has 4 aliphatic rings. The van der Waals surface area contributed by atoms with Gasteiger partial charge in [0, 0.05) is 86.3 Å². The van der Waals surface area contributed by atoms with Gasteiger partial charge in [0.15, 0.2) is 66.7 Å². The average Bonchev–Trinajstić information content (AvgIpc) is 1.62. The van der Waals surface area contributed by atoms with Gasteiger partial charge in [-0.2, -0.15) is 77.6 Å². The van der Waals surface area contributed by atoms with Crippen LogP contribution in [0.4, 0.5) is 76.5 Å². The van der Waals surface area contributed by atoms with Crippen LogP contribution < -0.4 is 46.6 Å². The molecule has 0 bridgehead atoms. The molecule has 0 saturated carbocycles. The van der Waals surface area contributed by atoms with Crippen molar-refractivity contribution in [3.05, 3.63) is 41.4 Å². The maximum absolute atomic E-state index is 13.2. The van der Waals surface area contributed by atoms with Gasteiger partial charge >= 0.3 is 72.5 Å². The number of hydrogen-bond donors (Lipinski definition) is 4. The zero-order chi connectivity index (χ0) is 104. The largest absolute Gasteiger partial charge is 0.490 e. The molecule has 4 N–H and O–H groups in total. The molecule has 12 heterocycles. The molecule has 8 aromatic heterocycles. The minimum atomic E-state index is -5.08. The number of imidazole rings is 4. The van der Waals surface area contributed by atoms with E-state index in [0.717, 1.165) is 139 Å². The molecule has 0 aromatic carbocycles. The van der Waals surface area contributed by atoms with E-state index in [9.17, 15) is 86.2 Å². The number of carboxylic acid groups (broad SMARTS) is 4. The molecule has 39 nitrogen and oxygen atoms in total. The number of anilines is 4. The predicted molar refractivity (Wildman–Crippen MR) is 490 cm³/mol. The molecule has 12 rings (SSSR count). The van der Waals surface area contributed by atoms with E-state index >= 15 is 0 Å². The third-order valence-corrected chi connectivity index (χ3v) is 22.8. The Kier molecular flexibility index (Phi) is 46.3. The Morgan fingerprint density at radius 2 is 0.662 bits per heavy atom. The maximum Gasteiger partial charge on any atom is 0.490 e. The minimum Gasteiger partial charge on any atom is -0.475 e. The lowest BCUT2D eigenvalue weighted by Crippen LogP contribution is -2.32. The van der Waals surface area contributed by atoms with Crippen LogP contribution in [0, 0.1) is 59.2 Å². The van der Waals surface area contributed by atoms with Gasteiger partial charge in [-0.15, -0.1) is 29.6 Å². The van der Waals surface area contributed by atoms with E-state index in [2.05, 4.69) is 113 Å². The highest BCUT2D eigenvalue weighted by molar-refractivity contribution is 8.00. The molecule has 54 heteroatoms. The van der Waals surface area contributed by atoms with Crippen LogP contribution in [0.25, 0.3) is 44.7 Å². The van der Waals surface area contributed by atoms with Crippen molar-refractivity contribution < 1.29 is 126 Å². The zero-order valence-corrected chi connectivity index (χ0v) is 80.4. The summed E-state index contributed by atoms with van der Waals surface area (Å²) < 4.78 is 160. The van der Waals surface area contributed by atoms with Crippen molar-refractivity contribution >= 4 is 146 Å². The van der Waals surface area contributed by atoms with E-state index in [1.54, 1.807) is 83.6 Å². The van der Waals surface area contributed by atoms with E-state index in [1.165, 1.54) is 74.6 Å². The van der Waals surface area contributed by atoms with Crippen LogP contribution in [0.2, 0.25) is 0 Å². The highest BCUT2D eigenvalue weighted by atomic mass is 32.2. The molecule has 4 aliphatic heterocycles. The van der Waals surface area contributed by atoms with Gasteiger partial charge in [-0.05, 0) is 132 Å². The summed E-state index contributed by atoms with van der Waals surface area (Å²) in [6, 6.07) is 0.224. The first-order valence-electron chi connectivity index (χ1n) is 42.6. The molecule has 139 heavy (non-hydrogen) atoms. The number of fused-ring (bicyclic) bond motifs is 4. The molecule has 0 amide bonds. The van der Waals surface area contributed by atoms with Gasteiger partial charge in [0.1, 0.15) is 5.25 Å². The third-order valence-electron chi connectivity index (χ3n) is 19.6. The smallest absolute Gasteiger partial charge is 0.475 e. The molecule has 4 fully saturated rings. The Bertz CT molecular complexity index is 6120. The molecular weight excluding hydrogens is 1930 g/mol. The van der Waals surface area contributed by atoms with Crippen molar-refractivity contribution in [3.8, 4) is 65.2 Å². The second-order valence-electron chi connectivity index (χ2n) is 29.3. The number of thioether (sulfide) groups is 3. The number of hydrogen-bond acceptors (Lipinski definition) is 30. The van der Waals surface area contributed by atoms with Gasteiger partial charge in [-0.25, -0.2) is 34.1 Å². The van der Waals surface area contributed by atoms with Gasteiger partial charge in [0.2, 0.25) is 23.8 Å². The molecular formula is C85H104F12N20O19S3. The van der Waals surface area contributed by atoms with Gasteiger partial charge in [0.05, 0.1) is 58.7 Å². The zero-order valence-electron chi connectivity index (χ0n) is 77.9. The highest BCUT2D eigenvalue weighted by Crippen LogP contribution is 2.32. The molecule has 760 valence electrons. The van der Waals surface area contributed by atoms with E-state index in [1.807, 2.05) is 18.3 Å². The Morgan fingerprint density at radius 1 is 0.388 bits per heavy atom. The number of aliphatic carboxylic acids is 4. The normalized spacial score (nSPS) is 13.6. The molecule has 0 aliphatic carbocycles. The number of ether oxygens (including phenoxy) is 4. The standard InChI is InChI=1S/2C20H27N5O3S.C19H23N5O2.C18H23N5O3S.4C2HF3O2/c1-5-7-13-25-15-16(21-19(25)24-11-9-8-10-12-24)22-20(23(4)17(15)26)29-14(3)18(27)28-6-2;1-4-6-13-25-16-17(21-19(25)24-11-8-7-9-12-24)22-20(23(3)18(16)27)29-14-10-15(26)28-5-2;1-4-6-13-24-15-16(20-18(24)23-11-9-8-10-12-23)21-19(22(3)17(15)25)26-14-7-5-2;1-4-5-11-23-14-15(19-17(23)22-9-7-6-8-10-22)20-18(21(2)16(14)25)27-12-13(24)26-3;4*3-2(4,5)1(6)7/h14H,6,8-13H2,1-4H3;5,7-14H2,1-3H3;8-14H2,1-3H3;6-12H2,1-3H3;4*(H,6,7). The number of carbonyl (C=O) groups is 7. The van der Waals surface area contributed by atoms with Crippen LogP contribution in [-0.4, -0.2) is 259 Å². The van der Waals surface area contributed by atoms with Crippen molar-refractivity contribution in [2.75, 3.05) is 110 Å². The van der Waals surface area contributed by atoms with Crippen LogP contribution in [-0.2, 0) is 102 Å². The molecule has 8 aromatic rings. The van der Waals surface area contributed by atoms with Crippen molar-refractivity contribution in [2.45, 2.75) is 210 Å². The molecule has 0 radical (unpaired) electrons. The first-order chi connectivity index (χ1) is 65.5. The van der Waals surface area contributed by atoms with Crippen LogP contribution in [0.15, 0.2) is 34.6 Å². The van der Waals surface area contributed by atoms with Crippen LogP contribution in [0.3, 0.4) is 0 Å². The number of carboxylic acids is 4. The second kappa shape index (κ2) is 55.3. The first kappa shape index (κ1) is 116. The average molecular weight is 2030 g/mol. The number of esters is 3. The Balaban J connectivity index is 0.000000298. The molecule has 1 unspecified atom stereocenters. The summed E-state index contributed by atoms with van der Waals surface area (Å²) in [6.45, 7) is 24.0. The summed E-state index contributed by atoms with van der Waals surface area (Å²) in [4.78, 5) is 169. The van der Waals surface area contributed by atoms with Gasteiger partial charge in [-0.3, -0.25) is 70.1 Å². The number of methoxy groups -OCH3 is 1. The van der Waals surface area contributed by atoms with Crippen molar-refractivity contribution in [1.82, 2.24) is 76.4 Å². The Hall–Kier alpha value is -13.3. The third kappa shape index (κ3) is 34.1. The number of halogens is 12. The van der Waals surface area contributed by atoms with E-state index < -0.39 is 53.8 Å². The van der Waals surface area contributed by atoms with Gasteiger partial charge in [-0.1, -0.05) is 64.9 Å². The number of rotatable bonds is 22. The van der Waals surface area contributed by atoms with E-state index in [4.69, 9.17) is 63.8 Å². The second-order valence-corrected chi connectivity index (χ2v) is 32.6. The fourth-order valence-corrected chi connectivity index (χ4v) is 15.4. The van der Waals surface area contributed by atoms with Crippen molar-refractivity contribution in [1.29, 1.82) is 0 Å². The molecule has 4 saturated heterocycles. The number of piperidine rings is 4. The Labute approximate surface area is 799 Å². The number of alkyl halides is 12. The van der Waals surface area contributed by atoms with Gasteiger partial charge in [0.25, 0.3) is 22.2 Å². The van der Waals surface area contributed by atoms with Crippen molar-refractivity contribution in [3.63, 3.8) is 0 Å². The first-order valence-corrected chi connectivity index (χ1v) is 45.4. The number of nitrogens with zero attached hydrogens (tertiary/aromatic N) is 20. The summed E-state index contributed by atoms with van der Waals surface area (Å²) in [5, 5.41) is 29.5. The van der Waals surface area contributed by atoms with Gasteiger partial charge < -0.3 is 59.0 Å². The maximum atomic E-state index is 13.2. The quantitative estimate of drug-likeness (QED) is 0.0122. The highest BCUT2D eigenvalue weighted by Gasteiger charge is 2.41. The van der Waals surface area contributed by atoms with E-state index in [-0.39, 0.29) is 64.9 Å². The SMILES string of the molecule is CC#CCOc1nc2nc(N3CCCCC3)n(CC#CC)c2c(=O)n1C.CC#CCn1c(N2CCCCC2)nc2nc(SC(C)C(=O)OCC)n(C)c(=O)c21.CC#CCn1c(N2CCCCC2)nc2nc(SCC(=O)OC)n(C)c(=O)c21.CC#CCn1c(N2CCCCC2)nc2nc(SCCC(=O)OCC)n(C)c(=O)c21.O=C(O)C(F)(F)F.O=C(O)C(F)(F)F.O=C(O)C(F)(F)F.O=C(O)C(F)(F)F. The minimum absolute atomic E-state index is 0.0866. The lowest BCUT2D eigenvalue weighted by atomic mass is 10.1. The predicted octanol–water partition coefficient (Wildman–Crippen LogP) is 9.86. The lowest BCUT2D eigenvalue weighted by molar-refractivity contribution is -0.193. The summed E-state index contributed by atoms with van der Waals surface area (Å²) in [5.41, 5.74) is 2.72. The Morgan fingerprint density at radius 3 is 0.942 bits per heavy atom. The summed E-state index contributed by atoms with van der Waals surface area (Å²) in [6.07, 6.45) is -6.32. The monoisotopic (exact) mass is 2030 g/mol. The van der Waals surface area contributed by atoms with Crippen molar-refractivity contribution in [2.24, 2.45) is 28.2 Å². The number of aromatic nitrogens is 16. The summed E-state index contributed by atoms with van der Waals surface area (Å²) in [5.74, 6) is 20.9.